The normalized spacial score (nSPS) is 10.4. The first-order valence-electron chi connectivity index (χ1n) is 7.80. The number of hydrogen-bond acceptors (Lipinski definition) is 3. The molecular weight excluding hydrogens is 330 g/mol. The van der Waals surface area contributed by atoms with Gasteiger partial charge in [0.1, 0.15) is 0 Å². The third kappa shape index (κ3) is 6.29. The van der Waals surface area contributed by atoms with Crippen molar-refractivity contribution < 1.29 is 23.0 Å². The number of methoxy groups -OCH3 is 1. The lowest BCUT2D eigenvalue weighted by atomic mass is 10.1. The van der Waals surface area contributed by atoms with Crippen molar-refractivity contribution in [2.45, 2.75) is 19.5 Å². The number of nitrogens with one attached hydrogen (secondary N) is 2. The van der Waals surface area contributed by atoms with Crippen LogP contribution >= 0.6 is 0 Å². The van der Waals surface area contributed by atoms with E-state index in [1.54, 1.807) is 6.07 Å². The molecule has 0 spiro atoms. The third-order valence-electron chi connectivity index (χ3n) is 3.41. The number of ether oxygens (including phenoxy) is 2. The minimum Gasteiger partial charge on any atom is -0.493 e. The van der Waals surface area contributed by atoms with E-state index in [1.165, 1.54) is 24.8 Å². The maximum absolute atomic E-state index is 12.4. The van der Waals surface area contributed by atoms with Crippen molar-refractivity contribution in [1.82, 2.24) is 5.32 Å². The Morgan fingerprint density at radius 3 is 2.56 bits per heavy atom. The van der Waals surface area contributed by atoms with E-state index >= 15 is 0 Å². The number of urea groups is 1. The van der Waals surface area contributed by atoms with Crippen LogP contribution in [-0.2, 0) is 6.42 Å². The molecule has 2 rings (SSSR count). The lowest BCUT2D eigenvalue weighted by Gasteiger charge is -2.12. The van der Waals surface area contributed by atoms with Gasteiger partial charge in [0.2, 0.25) is 0 Å². The van der Waals surface area contributed by atoms with E-state index in [-0.39, 0.29) is 11.5 Å². The third-order valence-corrected chi connectivity index (χ3v) is 3.41. The lowest BCUT2D eigenvalue weighted by Crippen LogP contribution is -2.29. The number of carbonyl (C=O) groups is 1. The molecule has 0 saturated heterocycles. The molecule has 0 unspecified atom stereocenters. The number of anilines is 1. The monoisotopic (exact) mass is 350 g/mol. The van der Waals surface area contributed by atoms with Gasteiger partial charge in [0.25, 0.3) is 0 Å². The molecule has 0 aliphatic rings. The van der Waals surface area contributed by atoms with Gasteiger partial charge < -0.3 is 20.1 Å². The van der Waals surface area contributed by atoms with Crippen molar-refractivity contribution in [3.8, 4) is 11.5 Å². The Balaban J connectivity index is 1.81. The average Bonchev–Trinajstić information content (AvgIpc) is 2.59. The summed E-state index contributed by atoms with van der Waals surface area (Å²) in [6, 6.07) is 13.8. The quantitative estimate of drug-likeness (QED) is 0.706. The molecule has 0 aliphatic carbocycles. The Kier molecular flexibility index (Phi) is 7.00. The van der Waals surface area contributed by atoms with Crippen LogP contribution in [0.1, 0.15) is 12.0 Å². The summed E-state index contributed by atoms with van der Waals surface area (Å²) in [6.45, 7) is -2.48. The summed E-state index contributed by atoms with van der Waals surface area (Å²) in [5, 5.41) is 5.30. The predicted molar refractivity (Wildman–Crippen MR) is 91.4 cm³/mol. The van der Waals surface area contributed by atoms with Crippen LogP contribution in [0, 0.1) is 0 Å². The smallest absolute Gasteiger partial charge is 0.387 e. The number of alkyl halides is 2. The van der Waals surface area contributed by atoms with Gasteiger partial charge in [-0.1, -0.05) is 30.3 Å². The fraction of sp³-hybridized carbons (Fsp3) is 0.278. The topological polar surface area (TPSA) is 59.6 Å². The minimum atomic E-state index is -2.98. The molecule has 0 saturated carbocycles. The zero-order chi connectivity index (χ0) is 18.1. The van der Waals surface area contributed by atoms with E-state index < -0.39 is 12.6 Å². The van der Waals surface area contributed by atoms with E-state index in [0.29, 0.717) is 12.2 Å². The van der Waals surface area contributed by atoms with Gasteiger partial charge in [0.15, 0.2) is 11.5 Å². The largest absolute Gasteiger partial charge is 0.493 e. The zero-order valence-electron chi connectivity index (χ0n) is 13.8. The Labute approximate surface area is 144 Å². The van der Waals surface area contributed by atoms with E-state index in [4.69, 9.17) is 4.74 Å². The average molecular weight is 350 g/mol. The van der Waals surface area contributed by atoms with Gasteiger partial charge in [-0.15, -0.1) is 0 Å². The number of halogens is 2. The summed E-state index contributed by atoms with van der Waals surface area (Å²) in [4.78, 5) is 11.9. The number of amides is 2. The van der Waals surface area contributed by atoms with Crippen LogP contribution in [-0.4, -0.2) is 26.3 Å². The van der Waals surface area contributed by atoms with Gasteiger partial charge in [-0.3, -0.25) is 0 Å². The second kappa shape index (κ2) is 9.46. The molecule has 0 radical (unpaired) electrons. The second-order valence-corrected chi connectivity index (χ2v) is 5.21. The molecule has 0 bridgehead atoms. The summed E-state index contributed by atoms with van der Waals surface area (Å²) in [7, 11) is 1.35. The van der Waals surface area contributed by atoms with E-state index in [1.807, 2.05) is 30.3 Å². The molecule has 2 amide bonds. The van der Waals surface area contributed by atoms with Gasteiger partial charge in [0.05, 0.1) is 7.11 Å². The van der Waals surface area contributed by atoms with Gasteiger partial charge in [-0.05, 0) is 30.5 Å². The Bertz CT molecular complexity index is 681. The van der Waals surface area contributed by atoms with Crippen LogP contribution < -0.4 is 20.1 Å². The molecule has 0 fully saturated rings. The Hall–Kier alpha value is -2.83. The van der Waals surface area contributed by atoms with Crippen molar-refractivity contribution in [1.29, 1.82) is 0 Å². The molecule has 0 heterocycles. The van der Waals surface area contributed by atoms with E-state index in [2.05, 4.69) is 15.4 Å². The molecule has 2 aromatic rings. The first-order valence-corrected chi connectivity index (χ1v) is 7.80. The molecule has 5 nitrogen and oxygen atoms in total. The SMILES string of the molecule is COc1ccc(NC(=O)NCCCc2ccccc2)cc1OC(F)F. The molecule has 0 aromatic heterocycles. The maximum atomic E-state index is 12.4. The molecule has 25 heavy (non-hydrogen) atoms. The highest BCUT2D eigenvalue weighted by Crippen LogP contribution is 2.31. The van der Waals surface area contributed by atoms with Crippen LogP contribution in [0.15, 0.2) is 48.5 Å². The summed E-state index contributed by atoms with van der Waals surface area (Å²) in [5.74, 6) is 0.0218. The highest BCUT2D eigenvalue weighted by Gasteiger charge is 2.12. The van der Waals surface area contributed by atoms with Crippen LogP contribution in [0.25, 0.3) is 0 Å². The number of aryl methyl sites for hydroxylation is 1. The van der Waals surface area contributed by atoms with Gasteiger partial charge in [0, 0.05) is 18.3 Å². The number of rotatable bonds is 8. The predicted octanol–water partition coefficient (Wildman–Crippen LogP) is 4.05. The van der Waals surface area contributed by atoms with E-state index in [9.17, 15) is 13.6 Å². The molecule has 134 valence electrons. The van der Waals surface area contributed by atoms with Gasteiger partial charge in [-0.25, -0.2) is 4.79 Å². The summed E-state index contributed by atoms with van der Waals surface area (Å²) < 4.78 is 34.1. The lowest BCUT2D eigenvalue weighted by molar-refractivity contribution is -0.0511. The van der Waals surface area contributed by atoms with Crippen LogP contribution in [0.2, 0.25) is 0 Å². The zero-order valence-corrected chi connectivity index (χ0v) is 13.8. The number of benzene rings is 2. The van der Waals surface area contributed by atoms with Crippen molar-refractivity contribution in [3.63, 3.8) is 0 Å². The van der Waals surface area contributed by atoms with Crippen molar-refractivity contribution >= 4 is 11.7 Å². The summed E-state index contributed by atoms with van der Waals surface area (Å²) >= 11 is 0. The standard InChI is InChI=1S/C18H20F2N2O3/c1-24-15-10-9-14(12-16(15)25-17(19)20)22-18(23)21-11-5-8-13-6-3-2-4-7-13/h2-4,6-7,9-10,12,17H,5,8,11H2,1H3,(H2,21,22,23). The van der Waals surface area contributed by atoms with Crippen molar-refractivity contribution in [2.75, 3.05) is 19.0 Å². The minimum absolute atomic E-state index is 0.139. The molecular formula is C18H20F2N2O3. The highest BCUT2D eigenvalue weighted by molar-refractivity contribution is 5.89. The first-order chi connectivity index (χ1) is 12.1. The fourth-order valence-corrected chi connectivity index (χ4v) is 2.26. The molecule has 7 heteroatoms. The highest BCUT2D eigenvalue weighted by atomic mass is 19.3. The molecule has 2 aromatic carbocycles. The van der Waals surface area contributed by atoms with Crippen molar-refractivity contribution in [2.24, 2.45) is 0 Å². The summed E-state index contributed by atoms with van der Waals surface area (Å²) in [6.07, 6.45) is 1.65. The summed E-state index contributed by atoms with van der Waals surface area (Å²) in [5.41, 5.74) is 1.53. The second-order valence-electron chi connectivity index (χ2n) is 5.21. The van der Waals surface area contributed by atoms with Gasteiger partial charge in [-0.2, -0.15) is 8.78 Å². The van der Waals surface area contributed by atoms with E-state index in [0.717, 1.165) is 12.8 Å². The van der Waals surface area contributed by atoms with Crippen LogP contribution in [0.4, 0.5) is 19.3 Å². The fourth-order valence-electron chi connectivity index (χ4n) is 2.26. The van der Waals surface area contributed by atoms with Crippen LogP contribution in [0.5, 0.6) is 11.5 Å². The molecule has 0 aliphatic heterocycles. The molecule has 0 atom stereocenters. The van der Waals surface area contributed by atoms with Gasteiger partial charge >= 0.3 is 12.6 Å². The number of carbonyl (C=O) groups excluding carboxylic acids is 1. The maximum Gasteiger partial charge on any atom is 0.387 e. The first kappa shape index (κ1) is 18.5. The van der Waals surface area contributed by atoms with Crippen molar-refractivity contribution in [3.05, 3.63) is 54.1 Å². The molecule has 2 N–H and O–H groups in total. The Morgan fingerprint density at radius 2 is 1.88 bits per heavy atom. The Morgan fingerprint density at radius 1 is 1.12 bits per heavy atom. The number of hydrogen-bond donors (Lipinski definition) is 2. The van der Waals surface area contributed by atoms with Crippen LogP contribution in [0.3, 0.4) is 0 Å².